The third-order valence-corrected chi connectivity index (χ3v) is 3.72. The second-order valence-corrected chi connectivity index (χ2v) is 5.45. The highest BCUT2D eigenvalue weighted by molar-refractivity contribution is 6.16. The topological polar surface area (TPSA) is 68.3 Å². The second-order valence-electron chi connectivity index (χ2n) is 5.45. The summed E-state index contributed by atoms with van der Waals surface area (Å²) in [6.07, 6.45) is 5.91. The van der Waals surface area contributed by atoms with Crippen LogP contribution in [0.5, 0.6) is 0 Å². The number of hydrogen-bond acceptors (Lipinski definition) is 5. The van der Waals surface area contributed by atoms with Crippen molar-refractivity contribution < 1.29 is 14.3 Å². The molecule has 0 fully saturated rings. The van der Waals surface area contributed by atoms with E-state index in [0.29, 0.717) is 0 Å². The zero-order valence-electron chi connectivity index (χ0n) is 14.7. The largest absolute Gasteiger partial charge is 0.462 e. The average Bonchev–Trinajstić information content (AvgIpc) is 2.62. The first kappa shape index (κ1) is 18.4. The summed E-state index contributed by atoms with van der Waals surface area (Å²) in [6, 6.07) is 9.75. The normalized spacial score (nSPS) is 11.1. The van der Waals surface area contributed by atoms with Gasteiger partial charge in [-0.25, -0.2) is 4.79 Å². The Morgan fingerprint density at radius 2 is 2.04 bits per heavy atom. The van der Waals surface area contributed by atoms with E-state index in [4.69, 9.17) is 4.74 Å². The average molecular weight is 338 g/mol. The number of aromatic nitrogens is 1. The summed E-state index contributed by atoms with van der Waals surface area (Å²) in [4.78, 5) is 27.6. The van der Waals surface area contributed by atoms with Crippen LogP contribution in [0, 0.1) is 0 Å². The highest BCUT2D eigenvalue weighted by Gasteiger charge is 2.15. The van der Waals surface area contributed by atoms with Gasteiger partial charge in [0.05, 0.1) is 6.61 Å². The summed E-state index contributed by atoms with van der Waals surface area (Å²) in [7, 11) is 0. The summed E-state index contributed by atoms with van der Waals surface area (Å²) in [5.74, 6) is -0.967. The maximum atomic E-state index is 11.8. The van der Waals surface area contributed by atoms with E-state index in [-0.39, 0.29) is 18.0 Å². The molecule has 0 aliphatic carbocycles. The Labute approximate surface area is 147 Å². The molecule has 0 unspecified atom stereocenters. The van der Waals surface area contributed by atoms with Gasteiger partial charge in [0.15, 0.2) is 5.78 Å². The summed E-state index contributed by atoms with van der Waals surface area (Å²) in [5.41, 5.74) is 4.08. The number of nitrogens with zero attached hydrogens (tertiary/aromatic N) is 1. The molecule has 0 saturated carbocycles. The molecule has 0 atom stereocenters. The van der Waals surface area contributed by atoms with E-state index < -0.39 is 5.97 Å². The molecular formula is C20H22N2O3. The molecule has 1 heterocycles. The highest BCUT2D eigenvalue weighted by Crippen LogP contribution is 2.26. The van der Waals surface area contributed by atoms with Crippen LogP contribution in [0.3, 0.4) is 0 Å². The molecule has 0 saturated heterocycles. The number of anilines is 1. The number of carbonyl (C=O) groups is 2. The van der Waals surface area contributed by atoms with Crippen molar-refractivity contribution in [3.05, 3.63) is 60.1 Å². The lowest BCUT2D eigenvalue weighted by molar-refractivity contribution is -0.139. The molecule has 0 aliphatic rings. The number of ketones is 1. The summed E-state index contributed by atoms with van der Waals surface area (Å²) < 4.78 is 4.90. The quantitative estimate of drug-likeness (QED) is 0.360. The third-order valence-electron chi connectivity index (χ3n) is 3.72. The van der Waals surface area contributed by atoms with Crippen molar-refractivity contribution in [2.24, 2.45) is 0 Å². The van der Waals surface area contributed by atoms with E-state index in [1.54, 1.807) is 13.1 Å². The number of ether oxygens (including phenoxy) is 1. The predicted molar refractivity (Wildman–Crippen MR) is 98.1 cm³/mol. The standard InChI is InChI=1S/C20H22N2O3/c1-4-15-12-21-10-9-18(15)16-7-6-8-17(11-16)22-13-19(14(3)23)20(24)25-5-2/h6-13,22H,4-5H2,1-3H3. The van der Waals surface area contributed by atoms with Crippen molar-refractivity contribution >= 4 is 17.4 Å². The van der Waals surface area contributed by atoms with Gasteiger partial charge in [-0.15, -0.1) is 0 Å². The summed E-state index contributed by atoms with van der Waals surface area (Å²) in [6.45, 7) is 5.35. The number of nitrogens with one attached hydrogen (secondary N) is 1. The van der Waals surface area contributed by atoms with Gasteiger partial charge in [-0.1, -0.05) is 19.1 Å². The van der Waals surface area contributed by atoms with E-state index in [1.807, 2.05) is 36.5 Å². The van der Waals surface area contributed by atoms with E-state index in [9.17, 15) is 9.59 Å². The van der Waals surface area contributed by atoms with Gasteiger partial charge < -0.3 is 10.1 Å². The third kappa shape index (κ3) is 4.76. The van der Waals surface area contributed by atoms with Gasteiger partial charge in [0, 0.05) is 24.3 Å². The fourth-order valence-corrected chi connectivity index (χ4v) is 2.44. The lowest BCUT2D eigenvalue weighted by atomic mass is 10.00. The Kier molecular flexibility index (Phi) is 6.46. The van der Waals surface area contributed by atoms with Crippen LogP contribution in [0.1, 0.15) is 26.3 Å². The Bertz CT molecular complexity index is 797. The van der Waals surface area contributed by atoms with Crippen molar-refractivity contribution in [3.8, 4) is 11.1 Å². The Hall–Kier alpha value is -2.95. The maximum Gasteiger partial charge on any atom is 0.343 e. The number of benzene rings is 1. The second kappa shape index (κ2) is 8.78. The molecular weight excluding hydrogens is 316 g/mol. The Morgan fingerprint density at radius 3 is 2.72 bits per heavy atom. The summed E-state index contributed by atoms with van der Waals surface area (Å²) >= 11 is 0. The molecule has 0 radical (unpaired) electrons. The first-order valence-corrected chi connectivity index (χ1v) is 8.24. The molecule has 2 rings (SSSR count). The number of esters is 1. The van der Waals surface area contributed by atoms with Crippen LogP contribution in [-0.2, 0) is 20.7 Å². The fraction of sp³-hybridized carbons (Fsp3) is 0.250. The molecule has 2 aromatic rings. The fourth-order valence-electron chi connectivity index (χ4n) is 2.44. The number of carbonyl (C=O) groups excluding carboxylic acids is 2. The SMILES string of the molecule is CCOC(=O)C(=CNc1cccc(-c2ccncc2CC)c1)C(C)=O. The molecule has 0 bridgehead atoms. The first-order valence-electron chi connectivity index (χ1n) is 8.24. The minimum atomic E-state index is -0.624. The van der Waals surface area contributed by atoms with Crippen LogP contribution in [0.25, 0.3) is 11.1 Å². The minimum Gasteiger partial charge on any atom is -0.462 e. The van der Waals surface area contributed by atoms with Crippen molar-refractivity contribution in [1.82, 2.24) is 4.98 Å². The molecule has 1 N–H and O–H groups in total. The van der Waals surface area contributed by atoms with Gasteiger partial charge in [-0.05, 0) is 55.2 Å². The van der Waals surface area contributed by atoms with Gasteiger partial charge >= 0.3 is 5.97 Å². The minimum absolute atomic E-state index is 0.00888. The van der Waals surface area contributed by atoms with Crippen molar-refractivity contribution in [2.45, 2.75) is 27.2 Å². The van der Waals surface area contributed by atoms with E-state index >= 15 is 0 Å². The lowest BCUT2D eigenvalue weighted by Crippen LogP contribution is -2.15. The smallest absolute Gasteiger partial charge is 0.343 e. The van der Waals surface area contributed by atoms with E-state index in [1.165, 1.54) is 13.1 Å². The molecule has 0 spiro atoms. The molecule has 5 nitrogen and oxygen atoms in total. The predicted octanol–water partition coefficient (Wildman–Crippen LogP) is 3.76. The number of pyridine rings is 1. The monoisotopic (exact) mass is 338 g/mol. The molecule has 0 aliphatic heterocycles. The maximum absolute atomic E-state index is 11.8. The number of hydrogen-bond donors (Lipinski definition) is 1. The molecule has 25 heavy (non-hydrogen) atoms. The first-order chi connectivity index (χ1) is 12.1. The van der Waals surface area contributed by atoms with Crippen molar-refractivity contribution in [2.75, 3.05) is 11.9 Å². The van der Waals surface area contributed by atoms with Crippen molar-refractivity contribution in [3.63, 3.8) is 0 Å². The number of aryl methyl sites for hydroxylation is 1. The molecule has 130 valence electrons. The van der Waals surface area contributed by atoms with Crippen LogP contribution in [-0.4, -0.2) is 23.3 Å². The van der Waals surface area contributed by atoms with Crippen LogP contribution in [0.15, 0.2) is 54.5 Å². The van der Waals surface area contributed by atoms with E-state index in [2.05, 4.69) is 17.2 Å². The molecule has 1 aromatic carbocycles. The van der Waals surface area contributed by atoms with E-state index in [0.717, 1.165) is 28.8 Å². The van der Waals surface area contributed by atoms with Gasteiger partial charge in [-0.2, -0.15) is 0 Å². The Morgan fingerprint density at radius 1 is 1.24 bits per heavy atom. The molecule has 1 aromatic heterocycles. The highest BCUT2D eigenvalue weighted by atomic mass is 16.5. The zero-order chi connectivity index (χ0) is 18.2. The van der Waals surface area contributed by atoms with Gasteiger partial charge in [0.1, 0.15) is 5.57 Å². The number of Topliss-reactive ketones (excluding diaryl/α,β-unsaturated/α-hetero) is 1. The zero-order valence-corrected chi connectivity index (χ0v) is 14.7. The Balaban J connectivity index is 2.28. The van der Waals surface area contributed by atoms with Gasteiger partial charge in [0.25, 0.3) is 0 Å². The van der Waals surface area contributed by atoms with Gasteiger partial charge in [-0.3, -0.25) is 9.78 Å². The molecule has 0 amide bonds. The van der Waals surface area contributed by atoms with Crippen molar-refractivity contribution in [1.29, 1.82) is 0 Å². The van der Waals surface area contributed by atoms with Gasteiger partial charge in [0.2, 0.25) is 0 Å². The lowest BCUT2D eigenvalue weighted by Gasteiger charge is -2.10. The van der Waals surface area contributed by atoms with Crippen LogP contribution < -0.4 is 5.32 Å². The summed E-state index contributed by atoms with van der Waals surface area (Å²) in [5, 5.41) is 3.01. The van der Waals surface area contributed by atoms with Crippen LogP contribution >= 0.6 is 0 Å². The van der Waals surface area contributed by atoms with Crippen LogP contribution in [0.2, 0.25) is 0 Å². The number of rotatable bonds is 7. The molecule has 5 heteroatoms. The van der Waals surface area contributed by atoms with Crippen LogP contribution in [0.4, 0.5) is 5.69 Å².